The van der Waals surface area contributed by atoms with Crippen LogP contribution in [0.3, 0.4) is 0 Å². The van der Waals surface area contributed by atoms with Crippen LogP contribution in [-0.4, -0.2) is 28.8 Å². The van der Waals surface area contributed by atoms with E-state index in [1.54, 1.807) is 5.38 Å². The van der Waals surface area contributed by atoms with Crippen LogP contribution in [0, 0.1) is 0 Å². The first-order valence-electron chi connectivity index (χ1n) is 4.33. The molecule has 0 amide bonds. The molecule has 0 fully saturated rings. The number of nitrogens with zero attached hydrogens (tertiary/aromatic N) is 1. The molecule has 0 unspecified atom stereocenters. The van der Waals surface area contributed by atoms with E-state index in [9.17, 15) is 18.0 Å². The number of anilines is 1. The molecule has 0 radical (unpaired) electrons. The Morgan fingerprint density at radius 1 is 1.56 bits per heavy atom. The zero-order valence-electron chi connectivity index (χ0n) is 8.04. The van der Waals surface area contributed by atoms with Gasteiger partial charge in [0, 0.05) is 11.8 Å². The van der Waals surface area contributed by atoms with Gasteiger partial charge < -0.3 is 10.4 Å². The topological polar surface area (TPSA) is 62.2 Å². The highest BCUT2D eigenvalue weighted by Gasteiger charge is 2.27. The Morgan fingerprint density at radius 3 is 2.81 bits per heavy atom. The number of aliphatic carboxylic acids is 1. The predicted molar refractivity (Wildman–Crippen MR) is 52.6 cm³/mol. The molecule has 0 aliphatic heterocycles. The van der Waals surface area contributed by atoms with Crippen molar-refractivity contribution >= 4 is 22.4 Å². The summed E-state index contributed by atoms with van der Waals surface area (Å²) in [4.78, 5) is 14.1. The Balaban J connectivity index is 2.42. The molecule has 1 heterocycles. The molecule has 8 heteroatoms. The van der Waals surface area contributed by atoms with Gasteiger partial charge in [0.2, 0.25) is 0 Å². The number of thiazole rings is 1. The molecule has 0 atom stereocenters. The number of carboxylic acid groups (broad SMARTS) is 1. The van der Waals surface area contributed by atoms with E-state index < -0.39 is 18.7 Å². The maximum absolute atomic E-state index is 11.8. The maximum Gasteiger partial charge on any atom is 0.405 e. The number of aromatic nitrogens is 1. The molecule has 0 aliphatic carbocycles. The lowest BCUT2D eigenvalue weighted by molar-refractivity contribution is -0.137. The summed E-state index contributed by atoms with van der Waals surface area (Å²) < 4.78 is 35.5. The van der Waals surface area contributed by atoms with Crippen molar-refractivity contribution in [1.82, 2.24) is 4.98 Å². The van der Waals surface area contributed by atoms with Gasteiger partial charge >= 0.3 is 12.1 Å². The van der Waals surface area contributed by atoms with Crippen molar-refractivity contribution in [2.75, 3.05) is 11.9 Å². The van der Waals surface area contributed by atoms with Crippen LogP contribution in [0.4, 0.5) is 18.3 Å². The molecule has 1 aromatic rings. The van der Waals surface area contributed by atoms with Crippen molar-refractivity contribution in [3.63, 3.8) is 0 Å². The highest BCUT2D eigenvalue weighted by Crippen LogP contribution is 2.20. The number of halogens is 3. The molecule has 0 aliphatic rings. The lowest BCUT2D eigenvalue weighted by atomic mass is 10.2. The number of rotatable bonds is 5. The van der Waals surface area contributed by atoms with Gasteiger partial charge in [-0.2, -0.15) is 13.2 Å². The molecular weight excluding hydrogens is 245 g/mol. The van der Waals surface area contributed by atoms with E-state index in [4.69, 9.17) is 5.11 Å². The molecule has 0 saturated carbocycles. The Bertz CT molecular complexity index is 364. The molecule has 0 saturated heterocycles. The molecule has 1 aromatic heterocycles. The minimum atomic E-state index is -4.28. The first-order valence-corrected chi connectivity index (χ1v) is 5.21. The molecule has 0 bridgehead atoms. The van der Waals surface area contributed by atoms with Gasteiger partial charge in [-0.3, -0.25) is 4.79 Å². The van der Waals surface area contributed by atoms with Gasteiger partial charge in [-0.05, 0) is 0 Å². The summed E-state index contributed by atoms with van der Waals surface area (Å²) >= 11 is 1.03. The average Bonchev–Trinajstić information content (AvgIpc) is 2.58. The molecule has 16 heavy (non-hydrogen) atoms. The molecule has 0 spiro atoms. The molecule has 90 valence electrons. The van der Waals surface area contributed by atoms with Gasteiger partial charge in [0.05, 0.1) is 12.1 Å². The van der Waals surface area contributed by atoms with E-state index in [2.05, 4.69) is 10.3 Å². The lowest BCUT2D eigenvalue weighted by Crippen LogP contribution is -2.21. The smallest absolute Gasteiger partial charge is 0.405 e. The zero-order chi connectivity index (χ0) is 12.2. The summed E-state index contributed by atoms with van der Waals surface area (Å²) in [6, 6.07) is 0. The molecule has 1 rings (SSSR count). The van der Waals surface area contributed by atoms with Crippen LogP contribution in [-0.2, 0) is 11.2 Å². The Kier molecular flexibility index (Phi) is 4.11. The van der Waals surface area contributed by atoms with Crippen LogP contribution in [0.5, 0.6) is 0 Å². The molecule has 2 N–H and O–H groups in total. The normalized spacial score (nSPS) is 11.4. The second kappa shape index (κ2) is 5.15. The number of hydrogen-bond acceptors (Lipinski definition) is 4. The van der Waals surface area contributed by atoms with Crippen LogP contribution in [0.25, 0.3) is 0 Å². The fourth-order valence-electron chi connectivity index (χ4n) is 0.914. The van der Waals surface area contributed by atoms with Crippen LogP contribution in [0.15, 0.2) is 5.38 Å². The number of carboxylic acids is 1. The summed E-state index contributed by atoms with van der Waals surface area (Å²) in [5.41, 5.74) is 0.483. The SMILES string of the molecule is O=C(O)CCc1csc(NCC(F)(F)F)n1. The quantitative estimate of drug-likeness (QED) is 0.845. The number of nitrogens with one attached hydrogen (secondary N) is 1. The third-order valence-electron chi connectivity index (χ3n) is 1.59. The summed E-state index contributed by atoms with van der Waals surface area (Å²) in [6.45, 7) is -1.14. The van der Waals surface area contributed by atoms with Crippen LogP contribution in [0.1, 0.15) is 12.1 Å². The van der Waals surface area contributed by atoms with Crippen molar-refractivity contribution in [3.05, 3.63) is 11.1 Å². The second-order valence-corrected chi connectivity index (χ2v) is 3.86. The highest BCUT2D eigenvalue weighted by atomic mass is 32.1. The molecule has 0 aromatic carbocycles. The van der Waals surface area contributed by atoms with Crippen molar-refractivity contribution in [2.24, 2.45) is 0 Å². The summed E-state index contributed by atoms with van der Waals surface area (Å²) in [5, 5.41) is 12.2. The monoisotopic (exact) mass is 254 g/mol. The van der Waals surface area contributed by atoms with Gasteiger partial charge in [-0.25, -0.2) is 4.98 Å². The first-order chi connectivity index (χ1) is 7.37. The van der Waals surface area contributed by atoms with E-state index in [1.165, 1.54) is 0 Å². The van der Waals surface area contributed by atoms with Gasteiger partial charge in [-0.15, -0.1) is 11.3 Å². The van der Waals surface area contributed by atoms with Crippen molar-refractivity contribution in [2.45, 2.75) is 19.0 Å². The Hall–Kier alpha value is -1.31. The van der Waals surface area contributed by atoms with Gasteiger partial charge in [0.1, 0.15) is 6.54 Å². The molecular formula is C8H9F3N2O2S. The molecule has 4 nitrogen and oxygen atoms in total. The number of aryl methyl sites for hydroxylation is 1. The zero-order valence-corrected chi connectivity index (χ0v) is 8.86. The number of hydrogen-bond donors (Lipinski definition) is 2. The van der Waals surface area contributed by atoms with Crippen molar-refractivity contribution < 1.29 is 23.1 Å². The predicted octanol–water partition coefficient (Wildman–Crippen LogP) is 2.13. The van der Waals surface area contributed by atoms with Crippen molar-refractivity contribution in [1.29, 1.82) is 0 Å². The van der Waals surface area contributed by atoms with Crippen LogP contribution < -0.4 is 5.32 Å². The lowest BCUT2D eigenvalue weighted by Gasteiger charge is -2.05. The van der Waals surface area contributed by atoms with Crippen LogP contribution >= 0.6 is 11.3 Å². The van der Waals surface area contributed by atoms with Gasteiger partial charge in [0.25, 0.3) is 0 Å². The van der Waals surface area contributed by atoms with E-state index in [0.29, 0.717) is 5.69 Å². The summed E-state index contributed by atoms with van der Waals surface area (Å²) in [5.74, 6) is -0.960. The highest BCUT2D eigenvalue weighted by molar-refractivity contribution is 7.13. The van der Waals surface area contributed by atoms with Gasteiger partial charge in [0.15, 0.2) is 5.13 Å². The Morgan fingerprint density at radius 2 is 2.25 bits per heavy atom. The number of alkyl halides is 3. The van der Waals surface area contributed by atoms with Crippen molar-refractivity contribution in [3.8, 4) is 0 Å². The second-order valence-electron chi connectivity index (χ2n) is 3.01. The largest absolute Gasteiger partial charge is 0.481 e. The van der Waals surface area contributed by atoms with E-state index >= 15 is 0 Å². The average molecular weight is 254 g/mol. The minimum absolute atomic E-state index is 0.0809. The minimum Gasteiger partial charge on any atom is -0.481 e. The van der Waals surface area contributed by atoms with E-state index in [-0.39, 0.29) is 18.0 Å². The third kappa shape index (κ3) is 4.96. The number of carbonyl (C=O) groups is 1. The fraction of sp³-hybridized carbons (Fsp3) is 0.500. The van der Waals surface area contributed by atoms with E-state index in [1.807, 2.05) is 0 Å². The summed E-state index contributed by atoms with van der Waals surface area (Å²) in [7, 11) is 0. The van der Waals surface area contributed by atoms with E-state index in [0.717, 1.165) is 11.3 Å². The maximum atomic E-state index is 11.8. The fourth-order valence-corrected chi connectivity index (χ4v) is 1.66. The third-order valence-corrected chi connectivity index (χ3v) is 2.44. The van der Waals surface area contributed by atoms with Gasteiger partial charge in [-0.1, -0.05) is 0 Å². The van der Waals surface area contributed by atoms with Crippen LogP contribution in [0.2, 0.25) is 0 Å². The standard InChI is InChI=1S/C8H9F3N2O2S/c9-8(10,11)4-12-7-13-5(3-16-7)1-2-6(14)15/h3H,1-2,4H2,(H,12,13)(H,14,15). The summed E-state index contributed by atoms with van der Waals surface area (Å²) in [6.07, 6.45) is -4.14. The Labute approximate surface area is 93.1 Å². The first kappa shape index (κ1) is 12.8.